The molecule has 2 unspecified atom stereocenters. The molecule has 4 nitrogen and oxygen atoms in total. The van der Waals surface area contributed by atoms with Gasteiger partial charge in [0.25, 0.3) is 0 Å². The Labute approximate surface area is 78.6 Å². The lowest BCUT2D eigenvalue weighted by molar-refractivity contribution is -0.156. The molecule has 0 aromatic carbocycles. The molecule has 0 bridgehead atoms. The van der Waals surface area contributed by atoms with E-state index in [1.165, 1.54) is 7.11 Å². The molecule has 4 heteroatoms. The van der Waals surface area contributed by atoms with E-state index >= 15 is 0 Å². The molecule has 0 aromatic heterocycles. The Bertz CT molecular complexity index is 164. The first kappa shape index (κ1) is 10.5. The minimum Gasteiger partial charge on any atom is -0.467 e. The fraction of sp³-hybridized carbons (Fsp3) is 0.889. The van der Waals surface area contributed by atoms with Gasteiger partial charge in [0, 0.05) is 12.6 Å². The number of morpholine rings is 1. The van der Waals surface area contributed by atoms with Crippen LogP contribution in [-0.4, -0.2) is 38.4 Å². The number of methoxy groups -OCH3 is 1. The van der Waals surface area contributed by atoms with E-state index in [-0.39, 0.29) is 5.97 Å². The molecule has 1 aliphatic heterocycles. The Morgan fingerprint density at radius 3 is 2.92 bits per heavy atom. The van der Waals surface area contributed by atoms with Crippen LogP contribution in [0.1, 0.15) is 19.8 Å². The lowest BCUT2D eigenvalue weighted by Crippen LogP contribution is -2.49. The Morgan fingerprint density at radius 2 is 2.46 bits per heavy atom. The first-order valence-electron chi connectivity index (χ1n) is 4.70. The quantitative estimate of drug-likeness (QED) is 0.646. The molecule has 0 aromatic rings. The summed E-state index contributed by atoms with van der Waals surface area (Å²) in [5.74, 6) is -0.289. The average molecular weight is 187 g/mol. The highest BCUT2D eigenvalue weighted by molar-refractivity contribution is 5.74. The van der Waals surface area contributed by atoms with E-state index in [1.54, 1.807) is 0 Å². The number of ether oxygens (including phenoxy) is 2. The highest BCUT2D eigenvalue weighted by Gasteiger charge is 2.26. The summed E-state index contributed by atoms with van der Waals surface area (Å²) in [6.07, 6.45) is 1.80. The molecule has 0 spiro atoms. The zero-order chi connectivity index (χ0) is 9.68. The van der Waals surface area contributed by atoms with Crippen LogP contribution in [0, 0.1) is 0 Å². The molecule has 1 heterocycles. The predicted molar refractivity (Wildman–Crippen MR) is 48.5 cm³/mol. The second-order valence-corrected chi connectivity index (χ2v) is 3.24. The van der Waals surface area contributed by atoms with E-state index in [1.807, 2.05) is 0 Å². The van der Waals surface area contributed by atoms with Crippen molar-refractivity contribution < 1.29 is 14.3 Å². The van der Waals surface area contributed by atoms with E-state index in [0.717, 1.165) is 12.8 Å². The van der Waals surface area contributed by atoms with E-state index in [2.05, 4.69) is 17.0 Å². The molecule has 2 atom stereocenters. The molecule has 0 amide bonds. The molecule has 76 valence electrons. The average Bonchev–Trinajstić information content (AvgIpc) is 2.18. The number of carbonyl (C=O) groups is 1. The van der Waals surface area contributed by atoms with Crippen molar-refractivity contribution in [1.82, 2.24) is 5.32 Å². The van der Waals surface area contributed by atoms with Crippen molar-refractivity contribution in [2.75, 3.05) is 20.3 Å². The predicted octanol–water partition coefficient (Wildman–Crippen LogP) is 0.316. The fourth-order valence-electron chi connectivity index (χ4n) is 1.44. The largest absolute Gasteiger partial charge is 0.467 e. The molecule has 0 saturated carbocycles. The standard InChI is InChI=1S/C9H17NO3/c1-3-4-7-6-13-8(5-10-7)9(11)12-2/h7-8,10H,3-6H2,1-2H3. The van der Waals surface area contributed by atoms with Crippen molar-refractivity contribution >= 4 is 5.97 Å². The third-order valence-electron chi connectivity index (χ3n) is 2.19. The maximum Gasteiger partial charge on any atom is 0.336 e. The monoisotopic (exact) mass is 187 g/mol. The fourth-order valence-corrected chi connectivity index (χ4v) is 1.44. The van der Waals surface area contributed by atoms with Crippen LogP contribution in [0.3, 0.4) is 0 Å². The first-order chi connectivity index (χ1) is 6.27. The van der Waals surface area contributed by atoms with Crippen LogP contribution in [0.4, 0.5) is 0 Å². The second kappa shape index (κ2) is 5.19. The van der Waals surface area contributed by atoms with Gasteiger partial charge in [0.05, 0.1) is 13.7 Å². The van der Waals surface area contributed by atoms with Crippen LogP contribution in [-0.2, 0) is 14.3 Å². The Kier molecular flexibility index (Phi) is 4.18. The number of carbonyl (C=O) groups excluding carboxylic acids is 1. The Balaban J connectivity index is 2.26. The van der Waals surface area contributed by atoms with Gasteiger partial charge in [0.2, 0.25) is 0 Å². The zero-order valence-electron chi connectivity index (χ0n) is 8.21. The van der Waals surface area contributed by atoms with Crippen LogP contribution < -0.4 is 5.32 Å². The van der Waals surface area contributed by atoms with Crippen LogP contribution >= 0.6 is 0 Å². The van der Waals surface area contributed by atoms with Gasteiger partial charge in [0.1, 0.15) is 0 Å². The second-order valence-electron chi connectivity index (χ2n) is 3.24. The lowest BCUT2D eigenvalue weighted by atomic mass is 10.1. The van der Waals surface area contributed by atoms with E-state index < -0.39 is 6.10 Å². The molecule has 1 aliphatic rings. The van der Waals surface area contributed by atoms with Crippen molar-refractivity contribution in [3.63, 3.8) is 0 Å². The van der Waals surface area contributed by atoms with Gasteiger partial charge in [-0.15, -0.1) is 0 Å². The normalized spacial score (nSPS) is 28.5. The lowest BCUT2D eigenvalue weighted by Gasteiger charge is -2.28. The summed E-state index contributed by atoms with van der Waals surface area (Å²) < 4.78 is 9.94. The molecule has 1 rings (SSSR count). The Morgan fingerprint density at radius 1 is 1.69 bits per heavy atom. The van der Waals surface area contributed by atoms with E-state index in [9.17, 15) is 4.79 Å². The summed E-state index contributed by atoms with van der Waals surface area (Å²) in [6, 6.07) is 0.394. The minimum absolute atomic E-state index is 0.289. The first-order valence-corrected chi connectivity index (χ1v) is 4.70. The summed E-state index contributed by atoms with van der Waals surface area (Å²) in [5, 5.41) is 3.26. The van der Waals surface area contributed by atoms with Crippen molar-refractivity contribution in [2.24, 2.45) is 0 Å². The van der Waals surface area contributed by atoms with Gasteiger partial charge >= 0.3 is 5.97 Å². The molecule has 1 saturated heterocycles. The Hall–Kier alpha value is -0.610. The minimum atomic E-state index is -0.418. The van der Waals surface area contributed by atoms with E-state index in [0.29, 0.717) is 19.2 Å². The molecule has 1 N–H and O–H groups in total. The maximum absolute atomic E-state index is 11.0. The maximum atomic E-state index is 11.0. The van der Waals surface area contributed by atoms with Crippen LogP contribution in [0.5, 0.6) is 0 Å². The van der Waals surface area contributed by atoms with Gasteiger partial charge < -0.3 is 14.8 Å². The topological polar surface area (TPSA) is 47.6 Å². The molecule has 0 aliphatic carbocycles. The number of hydrogen-bond donors (Lipinski definition) is 1. The number of nitrogens with one attached hydrogen (secondary N) is 1. The van der Waals surface area contributed by atoms with Gasteiger partial charge in [-0.3, -0.25) is 0 Å². The van der Waals surface area contributed by atoms with Gasteiger partial charge in [-0.25, -0.2) is 4.79 Å². The summed E-state index contributed by atoms with van der Waals surface area (Å²) in [7, 11) is 1.38. The van der Waals surface area contributed by atoms with Gasteiger partial charge in [-0.2, -0.15) is 0 Å². The third kappa shape index (κ3) is 2.97. The highest BCUT2D eigenvalue weighted by Crippen LogP contribution is 2.06. The van der Waals surface area contributed by atoms with Crippen molar-refractivity contribution in [2.45, 2.75) is 31.9 Å². The number of rotatable bonds is 3. The van der Waals surface area contributed by atoms with Crippen molar-refractivity contribution in [1.29, 1.82) is 0 Å². The SMILES string of the molecule is CCCC1COC(C(=O)OC)CN1. The number of esters is 1. The summed E-state index contributed by atoms with van der Waals surface area (Å²) >= 11 is 0. The van der Waals surface area contributed by atoms with E-state index in [4.69, 9.17) is 4.74 Å². The molecule has 13 heavy (non-hydrogen) atoms. The van der Waals surface area contributed by atoms with Crippen LogP contribution in [0.2, 0.25) is 0 Å². The molecule has 1 fully saturated rings. The number of hydrogen-bond acceptors (Lipinski definition) is 4. The third-order valence-corrected chi connectivity index (χ3v) is 2.19. The summed E-state index contributed by atoms with van der Waals surface area (Å²) in [6.45, 7) is 3.30. The van der Waals surface area contributed by atoms with Gasteiger partial charge in [0.15, 0.2) is 6.10 Å². The van der Waals surface area contributed by atoms with Crippen molar-refractivity contribution in [3.8, 4) is 0 Å². The van der Waals surface area contributed by atoms with Gasteiger partial charge in [-0.1, -0.05) is 13.3 Å². The highest BCUT2D eigenvalue weighted by atomic mass is 16.6. The molecular weight excluding hydrogens is 170 g/mol. The van der Waals surface area contributed by atoms with Crippen molar-refractivity contribution in [3.05, 3.63) is 0 Å². The molecular formula is C9H17NO3. The van der Waals surface area contributed by atoms with Gasteiger partial charge in [-0.05, 0) is 6.42 Å². The smallest absolute Gasteiger partial charge is 0.336 e. The summed E-state index contributed by atoms with van der Waals surface area (Å²) in [5.41, 5.74) is 0. The summed E-state index contributed by atoms with van der Waals surface area (Å²) in [4.78, 5) is 11.0. The van der Waals surface area contributed by atoms with Crippen LogP contribution in [0.15, 0.2) is 0 Å². The molecule has 0 radical (unpaired) electrons. The van der Waals surface area contributed by atoms with Crippen LogP contribution in [0.25, 0.3) is 0 Å². The zero-order valence-corrected chi connectivity index (χ0v) is 8.21.